The summed E-state index contributed by atoms with van der Waals surface area (Å²) in [7, 11) is -1.21. The van der Waals surface area contributed by atoms with Crippen LogP contribution in [-0.2, 0) is 20.8 Å². The van der Waals surface area contributed by atoms with Gasteiger partial charge in [-0.3, -0.25) is 19.3 Å². The highest BCUT2D eigenvalue weighted by Gasteiger charge is 2.41. The molecule has 1 aromatic rings. The molecule has 0 spiro atoms. The van der Waals surface area contributed by atoms with Gasteiger partial charge in [0.15, 0.2) is 5.78 Å². The molecule has 3 rings (SSSR count). The summed E-state index contributed by atoms with van der Waals surface area (Å²) in [6, 6.07) is 3.41. The van der Waals surface area contributed by atoms with Gasteiger partial charge < -0.3 is 25.0 Å². The minimum atomic E-state index is -1.29. The topological polar surface area (TPSA) is 136 Å². The number of hydrogen-bond donors (Lipinski definition) is 3. The fourth-order valence-electron chi connectivity index (χ4n) is 4.21. The molecule has 0 saturated carbocycles. The lowest BCUT2D eigenvalue weighted by atomic mass is 9.64. The van der Waals surface area contributed by atoms with E-state index < -0.39 is 48.7 Å². The number of aryl methyl sites for hydroxylation is 1. The number of fused-ring (bicyclic) bond motifs is 1. The molecule has 3 N–H and O–H groups in total. The van der Waals surface area contributed by atoms with Gasteiger partial charge in [0.25, 0.3) is 0 Å². The predicted molar refractivity (Wildman–Crippen MR) is 119 cm³/mol. The zero-order valence-electron chi connectivity index (χ0n) is 19.1. The fourth-order valence-corrected chi connectivity index (χ4v) is 4.21. The molecular formula is C22H30BN3O7. The first-order valence-corrected chi connectivity index (χ1v) is 11.2. The molecule has 2 aliphatic rings. The Kier molecular flexibility index (Phi) is 7.75. The number of ketones is 1. The van der Waals surface area contributed by atoms with Gasteiger partial charge in [-0.05, 0) is 37.8 Å². The van der Waals surface area contributed by atoms with E-state index in [2.05, 4.69) is 5.32 Å². The second-order valence-corrected chi connectivity index (χ2v) is 8.45. The Labute approximate surface area is 193 Å². The number of aliphatic hydroxyl groups excluding tert-OH is 1. The Morgan fingerprint density at radius 2 is 1.97 bits per heavy atom. The summed E-state index contributed by atoms with van der Waals surface area (Å²) >= 11 is 0. The van der Waals surface area contributed by atoms with Crippen molar-refractivity contribution in [1.82, 2.24) is 15.1 Å². The average molecular weight is 459 g/mol. The number of carbonyl (C=O) groups is 4. The van der Waals surface area contributed by atoms with Gasteiger partial charge in [0, 0.05) is 31.9 Å². The lowest BCUT2D eigenvalue weighted by Gasteiger charge is -2.33. The van der Waals surface area contributed by atoms with Crippen molar-refractivity contribution in [2.45, 2.75) is 58.0 Å². The summed E-state index contributed by atoms with van der Waals surface area (Å²) in [5.41, 5.74) is 1.75. The third-order valence-corrected chi connectivity index (χ3v) is 6.25. The fraction of sp³-hybridized carbons (Fsp3) is 0.545. The maximum Gasteiger partial charge on any atom is 0.526 e. The highest BCUT2D eigenvalue weighted by atomic mass is 16.5. The summed E-state index contributed by atoms with van der Waals surface area (Å²) < 4.78 is 5.62. The van der Waals surface area contributed by atoms with Crippen LogP contribution in [0, 0.1) is 6.92 Å². The summed E-state index contributed by atoms with van der Waals surface area (Å²) in [5, 5.41) is 23.3. The Hall–Kier alpha value is -2.92. The molecule has 3 atom stereocenters. The number of piperazine rings is 1. The van der Waals surface area contributed by atoms with Crippen molar-refractivity contribution < 1.29 is 34.0 Å². The Bertz CT molecular complexity index is 941. The van der Waals surface area contributed by atoms with E-state index in [4.69, 9.17) is 4.65 Å². The minimum absolute atomic E-state index is 0.00130. The van der Waals surface area contributed by atoms with Crippen LogP contribution in [0.4, 0.5) is 4.79 Å². The number of aliphatic hydroxyl groups is 1. The van der Waals surface area contributed by atoms with E-state index in [0.717, 1.165) is 16.0 Å². The Morgan fingerprint density at radius 1 is 1.24 bits per heavy atom. The quantitative estimate of drug-likeness (QED) is 0.394. The van der Waals surface area contributed by atoms with Gasteiger partial charge in [-0.2, -0.15) is 0 Å². The zero-order chi connectivity index (χ0) is 24.3. The van der Waals surface area contributed by atoms with E-state index >= 15 is 0 Å². The molecule has 33 heavy (non-hydrogen) atoms. The van der Waals surface area contributed by atoms with Crippen LogP contribution in [0.3, 0.4) is 0 Å². The molecule has 10 nitrogen and oxygen atoms in total. The summed E-state index contributed by atoms with van der Waals surface area (Å²) in [6.45, 7) is 5.81. The number of nitrogens with one attached hydrogen (secondary N) is 1. The van der Waals surface area contributed by atoms with Gasteiger partial charge in [-0.1, -0.05) is 25.1 Å². The first-order chi connectivity index (χ1) is 15.7. The average Bonchev–Trinajstić information content (AvgIpc) is 2.79. The van der Waals surface area contributed by atoms with Crippen LogP contribution in [0.15, 0.2) is 18.2 Å². The molecule has 1 saturated heterocycles. The van der Waals surface area contributed by atoms with Gasteiger partial charge in [0.05, 0.1) is 6.10 Å². The Morgan fingerprint density at radius 3 is 2.64 bits per heavy atom. The standard InChI is InChI=1S/C22H30BN3O7/c1-4-16(27)18(24-22(31)26-10-9-25(5-2)20(29)21(26)30)17(28)12-15-11-14-8-6-7-13(3)19(14)33-23(15)32/h6-8,15-16,18,27,32H,4-5,9-12H2,1-3H3,(H,24,31)/t15-,16?,18-/m1/s1. The van der Waals surface area contributed by atoms with Gasteiger partial charge in [0.2, 0.25) is 0 Å². The first kappa shape index (κ1) is 24.7. The van der Waals surface area contributed by atoms with E-state index in [0.29, 0.717) is 18.7 Å². The number of Topliss-reactive ketones (excluding diaryl/α,β-unsaturated/α-hetero) is 1. The number of hydrogen-bond acceptors (Lipinski definition) is 7. The first-order valence-electron chi connectivity index (χ1n) is 11.2. The lowest BCUT2D eigenvalue weighted by molar-refractivity contribution is -0.153. The van der Waals surface area contributed by atoms with Crippen LogP contribution in [0.1, 0.15) is 37.8 Å². The molecule has 2 heterocycles. The van der Waals surface area contributed by atoms with Gasteiger partial charge in [-0.25, -0.2) is 4.79 Å². The van der Waals surface area contributed by atoms with Crippen molar-refractivity contribution in [3.8, 4) is 5.75 Å². The smallest absolute Gasteiger partial charge is 0.526 e. The van der Waals surface area contributed by atoms with Crippen molar-refractivity contribution in [3.05, 3.63) is 29.3 Å². The SMILES string of the molecule is CCC(O)[C@@H](NC(=O)N1CCN(CC)C(=O)C1=O)C(=O)C[C@H]1Cc2cccc(C)c2OB1O. The largest absolute Gasteiger partial charge is 0.536 e. The van der Waals surface area contributed by atoms with Gasteiger partial charge in [0.1, 0.15) is 11.8 Å². The molecule has 0 aliphatic carbocycles. The number of para-hydroxylation sites is 1. The maximum absolute atomic E-state index is 13.1. The molecular weight excluding hydrogens is 429 g/mol. The van der Waals surface area contributed by atoms with Crippen LogP contribution >= 0.6 is 0 Å². The number of rotatable bonds is 7. The van der Waals surface area contributed by atoms with Gasteiger partial charge in [-0.15, -0.1) is 0 Å². The number of likely N-dealkylation sites (N-methyl/N-ethyl adjacent to an activating group) is 1. The summed E-state index contributed by atoms with van der Waals surface area (Å²) in [4.78, 5) is 52.3. The highest BCUT2D eigenvalue weighted by molar-refractivity contribution is 6.46. The summed E-state index contributed by atoms with van der Waals surface area (Å²) in [6.07, 6.45) is -0.759. The minimum Gasteiger partial charge on any atom is -0.536 e. The number of nitrogens with zero attached hydrogens (tertiary/aromatic N) is 2. The van der Waals surface area contributed by atoms with Crippen molar-refractivity contribution in [3.63, 3.8) is 0 Å². The predicted octanol–water partition coefficient (Wildman–Crippen LogP) is 0.280. The molecule has 1 aromatic carbocycles. The van der Waals surface area contributed by atoms with Crippen molar-refractivity contribution >= 4 is 30.7 Å². The third-order valence-electron chi connectivity index (χ3n) is 6.25. The summed E-state index contributed by atoms with van der Waals surface area (Å²) in [5.74, 6) is -2.21. The van der Waals surface area contributed by atoms with Gasteiger partial charge >= 0.3 is 25.0 Å². The molecule has 0 aromatic heterocycles. The number of carbonyl (C=O) groups excluding carboxylic acids is 4. The monoisotopic (exact) mass is 459 g/mol. The van der Waals surface area contributed by atoms with E-state index in [1.54, 1.807) is 13.8 Å². The van der Waals surface area contributed by atoms with E-state index in [1.807, 2.05) is 25.1 Å². The molecule has 1 unspecified atom stereocenters. The normalized spacial score (nSPS) is 20.2. The lowest BCUT2D eigenvalue weighted by Crippen LogP contribution is -2.61. The molecule has 2 aliphatic heterocycles. The molecule has 0 bridgehead atoms. The molecule has 0 radical (unpaired) electrons. The van der Waals surface area contributed by atoms with Crippen LogP contribution in [0.25, 0.3) is 0 Å². The highest BCUT2D eigenvalue weighted by Crippen LogP contribution is 2.36. The van der Waals surface area contributed by atoms with E-state index in [1.165, 1.54) is 4.90 Å². The van der Waals surface area contributed by atoms with Crippen molar-refractivity contribution in [2.24, 2.45) is 0 Å². The maximum atomic E-state index is 13.1. The number of urea groups is 1. The second-order valence-electron chi connectivity index (χ2n) is 8.45. The molecule has 178 valence electrons. The van der Waals surface area contributed by atoms with Crippen LogP contribution in [0.2, 0.25) is 5.82 Å². The molecule has 11 heteroatoms. The zero-order valence-corrected chi connectivity index (χ0v) is 19.1. The number of imide groups is 1. The van der Waals surface area contributed by atoms with E-state index in [-0.39, 0.29) is 25.9 Å². The van der Waals surface area contributed by atoms with Crippen molar-refractivity contribution in [1.29, 1.82) is 0 Å². The van der Waals surface area contributed by atoms with Crippen molar-refractivity contribution in [2.75, 3.05) is 19.6 Å². The van der Waals surface area contributed by atoms with Crippen LogP contribution < -0.4 is 9.97 Å². The molecule has 4 amide bonds. The van der Waals surface area contributed by atoms with Crippen LogP contribution in [0.5, 0.6) is 5.75 Å². The van der Waals surface area contributed by atoms with Crippen LogP contribution in [-0.4, -0.2) is 82.5 Å². The van der Waals surface area contributed by atoms with E-state index in [9.17, 15) is 29.3 Å². The number of benzene rings is 1. The third kappa shape index (κ3) is 5.20. The second kappa shape index (κ2) is 10.3. The number of amides is 4. The molecule has 1 fully saturated rings. The Balaban J connectivity index is 1.70.